The molecule has 1 aromatic rings. The molecule has 0 N–H and O–H groups in total. The van der Waals surface area contributed by atoms with E-state index in [1.54, 1.807) is 43.3 Å². The predicted octanol–water partition coefficient (Wildman–Crippen LogP) is 1.18. The highest BCUT2D eigenvalue weighted by molar-refractivity contribution is 5.68. The number of benzene rings is 1. The van der Waals surface area contributed by atoms with Gasteiger partial charge in [-0.3, -0.25) is 10.1 Å². The summed E-state index contributed by atoms with van der Waals surface area (Å²) in [5.41, 5.74) is 0.250. The summed E-state index contributed by atoms with van der Waals surface area (Å²) in [4.78, 5) is 21.6. The van der Waals surface area contributed by atoms with Gasteiger partial charge in [0.1, 0.15) is 0 Å². The maximum atomic E-state index is 11.3. The molecule has 18 heavy (non-hydrogen) atoms. The van der Waals surface area contributed by atoms with Crippen LogP contribution in [0.3, 0.4) is 0 Å². The molecule has 5 nitrogen and oxygen atoms in total. The normalized spacial score (nSPS) is 25.5. The molecule has 0 aromatic heterocycles. The lowest BCUT2D eigenvalue weighted by atomic mass is 9.71. The first-order valence-electron chi connectivity index (χ1n) is 5.55. The minimum absolute atomic E-state index is 0.372. The second-order valence-electron chi connectivity index (χ2n) is 4.70. The zero-order chi connectivity index (χ0) is 13.3. The standard InChI is InChI=1S/C13H13NO4/c1-13(8-11(15)16)7-6-9-4-2-3-5-10(9)12(13)14(17)18/h2-7,12H,8H2,1H3,(H,15,16)/p-1. The molecule has 0 saturated heterocycles. The summed E-state index contributed by atoms with van der Waals surface area (Å²) in [6.07, 6.45) is 2.96. The number of hydrogen-bond donors (Lipinski definition) is 0. The number of carboxylic acids is 1. The zero-order valence-corrected chi connectivity index (χ0v) is 9.83. The number of aliphatic carboxylic acids is 1. The van der Waals surface area contributed by atoms with Crippen LogP contribution in [0.2, 0.25) is 0 Å². The van der Waals surface area contributed by atoms with E-state index in [0.717, 1.165) is 5.56 Å². The van der Waals surface area contributed by atoms with E-state index in [0.29, 0.717) is 5.56 Å². The van der Waals surface area contributed by atoms with Gasteiger partial charge < -0.3 is 9.90 Å². The van der Waals surface area contributed by atoms with Crippen molar-refractivity contribution in [3.8, 4) is 0 Å². The van der Waals surface area contributed by atoms with Crippen LogP contribution in [0.5, 0.6) is 0 Å². The van der Waals surface area contributed by atoms with E-state index in [1.165, 1.54) is 0 Å². The van der Waals surface area contributed by atoms with Crippen LogP contribution in [0.1, 0.15) is 30.5 Å². The molecule has 0 heterocycles. The molecule has 0 spiro atoms. The first-order valence-corrected chi connectivity index (χ1v) is 5.55. The van der Waals surface area contributed by atoms with Gasteiger partial charge in [-0.25, -0.2) is 0 Å². The third-order valence-corrected chi connectivity index (χ3v) is 3.29. The quantitative estimate of drug-likeness (QED) is 0.592. The third kappa shape index (κ3) is 1.99. The Bertz CT molecular complexity index is 538. The van der Waals surface area contributed by atoms with Crippen LogP contribution in [0, 0.1) is 15.5 Å². The largest absolute Gasteiger partial charge is 0.550 e. The van der Waals surface area contributed by atoms with Crippen LogP contribution in [0.4, 0.5) is 0 Å². The molecular formula is C13H12NO4-. The lowest BCUT2D eigenvalue weighted by Crippen LogP contribution is -2.38. The van der Waals surface area contributed by atoms with Crippen molar-refractivity contribution in [3.63, 3.8) is 0 Å². The fourth-order valence-corrected chi connectivity index (χ4v) is 2.46. The Balaban J connectivity index is 2.53. The van der Waals surface area contributed by atoms with Crippen LogP contribution in [0.25, 0.3) is 6.08 Å². The number of carboxylic acid groups (broad SMARTS) is 1. The Hall–Kier alpha value is -2.17. The molecule has 0 saturated carbocycles. The summed E-state index contributed by atoms with van der Waals surface area (Å²) in [5.74, 6) is -1.28. The number of carbonyl (C=O) groups is 1. The van der Waals surface area contributed by atoms with Crippen molar-refractivity contribution < 1.29 is 14.8 Å². The zero-order valence-electron chi connectivity index (χ0n) is 9.83. The van der Waals surface area contributed by atoms with Gasteiger partial charge in [0.2, 0.25) is 6.04 Å². The molecule has 2 unspecified atom stereocenters. The molecule has 94 valence electrons. The molecule has 0 radical (unpaired) electrons. The van der Waals surface area contributed by atoms with Gasteiger partial charge >= 0.3 is 0 Å². The van der Waals surface area contributed by atoms with E-state index in [4.69, 9.17) is 0 Å². The highest BCUT2D eigenvalue weighted by Gasteiger charge is 2.45. The number of hydrogen-bond acceptors (Lipinski definition) is 4. The van der Waals surface area contributed by atoms with Crippen molar-refractivity contribution >= 4 is 12.0 Å². The number of nitrogens with zero attached hydrogens (tertiary/aromatic N) is 1. The van der Waals surface area contributed by atoms with Crippen molar-refractivity contribution in [2.75, 3.05) is 0 Å². The van der Waals surface area contributed by atoms with Gasteiger partial charge in [0.05, 0.1) is 5.41 Å². The number of rotatable bonds is 3. The Morgan fingerprint density at radius 2 is 2.11 bits per heavy atom. The Labute approximate surface area is 104 Å². The first-order chi connectivity index (χ1) is 8.44. The van der Waals surface area contributed by atoms with E-state index in [2.05, 4.69) is 0 Å². The van der Waals surface area contributed by atoms with Crippen LogP contribution in [-0.2, 0) is 4.79 Å². The van der Waals surface area contributed by atoms with Crippen molar-refractivity contribution in [3.05, 3.63) is 51.6 Å². The minimum atomic E-state index is -1.28. The van der Waals surface area contributed by atoms with Gasteiger partial charge in [-0.2, -0.15) is 0 Å². The van der Waals surface area contributed by atoms with Crippen LogP contribution in [0.15, 0.2) is 30.3 Å². The molecular weight excluding hydrogens is 234 g/mol. The summed E-state index contributed by atoms with van der Waals surface area (Å²) < 4.78 is 0. The van der Waals surface area contributed by atoms with E-state index in [1.807, 2.05) is 0 Å². The van der Waals surface area contributed by atoms with Crippen molar-refractivity contribution in [2.24, 2.45) is 5.41 Å². The van der Waals surface area contributed by atoms with Gasteiger partial charge in [-0.1, -0.05) is 36.4 Å². The molecule has 0 bridgehead atoms. The Kier molecular flexibility index (Phi) is 2.90. The van der Waals surface area contributed by atoms with E-state index < -0.39 is 22.3 Å². The van der Waals surface area contributed by atoms with Crippen molar-refractivity contribution in [1.82, 2.24) is 0 Å². The Morgan fingerprint density at radius 3 is 2.72 bits per heavy atom. The van der Waals surface area contributed by atoms with Crippen LogP contribution < -0.4 is 5.11 Å². The molecule has 1 aliphatic rings. The number of nitro groups is 1. The molecule has 2 atom stereocenters. The molecule has 1 aromatic carbocycles. The summed E-state index contributed by atoms with van der Waals surface area (Å²) in [6.45, 7) is 1.57. The summed E-state index contributed by atoms with van der Waals surface area (Å²) in [7, 11) is 0. The van der Waals surface area contributed by atoms with Gasteiger partial charge in [-0.15, -0.1) is 0 Å². The van der Waals surface area contributed by atoms with E-state index in [9.17, 15) is 20.0 Å². The van der Waals surface area contributed by atoms with Gasteiger partial charge in [0.15, 0.2) is 0 Å². The second-order valence-corrected chi connectivity index (χ2v) is 4.70. The molecule has 2 rings (SSSR count). The highest BCUT2D eigenvalue weighted by Crippen LogP contribution is 2.45. The van der Waals surface area contributed by atoms with Gasteiger partial charge in [0, 0.05) is 22.9 Å². The van der Waals surface area contributed by atoms with Crippen molar-refractivity contribution in [1.29, 1.82) is 0 Å². The van der Waals surface area contributed by atoms with Gasteiger partial charge in [0.25, 0.3) is 0 Å². The van der Waals surface area contributed by atoms with E-state index in [-0.39, 0.29) is 6.42 Å². The summed E-state index contributed by atoms with van der Waals surface area (Å²) in [5, 5.41) is 22.1. The molecule has 0 aliphatic heterocycles. The fourth-order valence-electron chi connectivity index (χ4n) is 2.46. The molecule has 5 heteroatoms. The molecule has 0 amide bonds. The summed E-state index contributed by atoms with van der Waals surface area (Å²) >= 11 is 0. The second kappa shape index (κ2) is 4.25. The maximum Gasteiger partial charge on any atom is 0.247 e. The average Bonchev–Trinajstić information content (AvgIpc) is 2.26. The lowest BCUT2D eigenvalue weighted by molar-refractivity contribution is -0.546. The van der Waals surface area contributed by atoms with Crippen molar-refractivity contribution in [2.45, 2.75) is 19.4 Å². The first kappa shape index (κ1) is 12.3. The van der Waals surface area contributed by atoms with Crippen LogP contribution >= 0.6 is 0 Å². The average molecular weight is 246 g/mol. The summed E-state index contributed by atoms with van der Waals surface area (Å²) in [6, 6.07) is 5.90. The monoisotopic (exact) mass is 246 g/mol. The van der Waals surface area contributed by atoms with Crippen LogP contribution in [-0.4, -0.2) is 10.9 Å². The fraction of sp³-hybridized carbons (Fsp3) is 0.308. The number of fused-ring (bicyclic) bond motifs is 1. The predicted molar refractivity (Wildman–Crippen MR) is 62.9 cm³/mol. The number of carbonyl (C=O) groups excluding carboxylic acids is 1. The van der Waals surface area contributed by atoms with Gasteiger partial charge in [-0.05, 0) is 12.5 Å². The lowest BCUT2D eigenvalue weighted by Gasteiger charge is -2.33. The van der Waals surface area contributed by atoms with E-state index >= 15 is 0 Å². The third-order valence-electron chi connectivity index (χ3n) is 3.29. The topological polar surface area (TPSA) is 83.3 Å². The molecule has 1 aliphatic carbocycles. The SMILES string of the molecule is CC1(CC(=O)[O-])C=Cc2ccccc2C1[N+](=O)[O-]. The Morgan fingerprint density at radius 1 is 1.44 bits per heavy atom. The maximum absolute atomic E-state index is 11.3. The molecule has 0 fully saturated rings. The smallest absolute Gasteiger partial charge is 0.247 e. The highest BCUT2D eigenvalue weighted by atomic mass is 16.6. The minimum Gasteiger partial charge on any atom is -0.550 e.